The van der Waals surface area contributed by atoms with Gasteiger partial charge in [0.2, 0.25) is 10.0 Å². The van der Waals surface area contributed by atoms with Crippen LogP contribution in [0.3, 0.4) is 0 Å². The van der Waals surface area contributed by atoms with Crippen molar-refractivity contribution in [2.24, 2.45) is 0 Å². The van der Waals surface area contributed by atoms with Crippen molar-refractivity contribution in [3.05, 3.63) is 46.9 Å². The van der Waals surface area contributed by atoms with Crippen molar-refractivity contribution in [3.63, 3.8) is 0 Å². The summed E-state index contributed by atoms with van der Waals surface area (Å²) in [5.41, 5.74) is 2.25. The molecule has 29 heavy (non-hydrogen) atoms. The molecule has 3 aromatic rings. The number of halogens is 1. The predicted molar refractivity (Wildman–Crippen MR) is 113 cm³/mol. The van der Waals surface area contributed by atoms with E-state index in [1.807, 2.05) is 24.3 Å². The number of sulfonamides is 1. The minimum Gasteiger partial charge on any atom is -0.382 e. The van der Waals surface area contributed by atoms with E-state index in [0.29, 0.717) is 16.5 Å². The normalized spacial score (nSPS) is 20.1. The zero-order chi connectivity index (χ0) is 20.6. The maximum absolute atomic E-state index is 12.7. The number of rotatable bonds is 5. The van der Waals surface area contributed by atoms with Gasteiger partial charge in [-0.1, -0.05) is 16.8 Å². The number of nitrogens with zero attached hydrogens (tertiary/aromatic N) is 2. The van der Waals surface area contributed by atoms with E-state index in [2.05, 4.69) is 20.2 Å². The average Bonchev–Trinajstić information content (AvgIpc) is 3.02. The summed E-state index contributed by atoms with van der Waals surface area (Å²) < 4.78 is 33.2. The number of anilines is 1. The number of nitrogens with one attached hydrogen (secondary N) is 2. The highest BCUT2D eigenvalue weighted by Gasteiger charge is 2.29. The van der Waals surface area contributed by atoms with Crippen LogP contribution in [0.5, 0.6) is 0 Å². The molecule has 154 valence electrons. The summed E-state index contributed by atoms with van der Waals surface area (Å²) in [7, 11) is -3.63. The molecule has 2 heterocycles. The zero-order valence-electron chi connectivity index (χ0n) is 16.3. The van der Waals surface area contributed by atoms with Crippen LogP contribution in [0.25, 0.3) is 10.9 Å². The minimum absolute atomic E-state index is 0.0975. The topological polar surface area (TPSA) is 97.1 Å². The standard InChI is InChI=1S/C20H23ClN4O3S/c1-12-20(13(2)28-24-12)29(26,27)25-16-6-4-15(5-7-16)23-18-9-10-22-19-11-14(21)3-8-17(18)19/h3,8-11,15-16,25H,4-7H2,1-2H3,(H,22,23). The van der Waals surface area contributed by atoms with E-state index >= 15 is 0 Å². The van der Waals surface area contributed by atoms with E-state index in [0.717, 1.165) is 42.3 Å². The summed E-state index contributed by atoms with van der Waals surface area (Å²) >= 11 is 6.06. The molecule has 2 N–H and O–H groups in total. The van der Waals surface area contributed by atoms with Crippen molar-refractivity contribution in [2.45, 2.75) is 56.5 Å². The molecule has 1 aliphatic rings. The number of hydrogen-bond donors (Lipinski definition) is 2. The Hall–Kier alpha value is -2.16. The molecule has 1 saturated carbocycles. The quantitative estimate of drug-likeness (QED) is 0.624. The van der Waals surface area contributed by atoms with E-state index in [9.17, 15) is 8.42 Å². The SMILES string of the molecule is Cc1noc(C)c1S(=O)(=O)NC1CCC(Nc2ccnc3cc(Cl)ccc23)CC1. The third kappa shape index (κ3) is 4.24. The molecule has 4 rings (SSSR count). The molecule has 0 bridgehead atoms. The Labute approximate surface area is 174 Å². The number of hydrogen-bond acceptors (Lipinski definition) is 6. The number of aromatic nitrogens is 2. The van der Waals surface area contributed by atoms with Gasteiger partial charge in [-0.3, -0.25) is 4.98 Å². The molecule has 0 amide bonds. The van der Waals surface area contributed by atoms with Crippen LogP contribution < -0.4 is 10.0 Å². The molecule has 9 heteroatoms. The predicted octanol–water partition coefficient (Wildman–Crippen LogP) is 4.19. The fraction of sp³-hybridized carbons (Fsp3) is 0.400. The van der Waals surface area contributed by atoms with Crippen LogP contribution in [0.4, 0.5) is 5.69 Å². The van der Waals surface area contributed by atoms with Gasteiger partial charge in [-0.25, -0.2) is 13.1 Å². The fourth-order valence-corrected chi connectivity index (χ4v) is 5.76. The first-order valence-corrected chi connectivity index (χ1v) is 11.5. The zero-order valence-corrected chi connectivity index (χ0v) is 17.8. The highest BCUT2D eigenvalue weighted by Crippen LogP contribution is 2.29. The van der Waals surface area contributed by atoms with Crippen molar-refractivity contribution in [1.82, 2.24) is 14.9 Å². The lowest BCUT2D eigenvalue weighted by atomic mass is 9.91. The van der Waals surface area contributed by atoms with Gasteiger partial charge in [0.1, 0.15) is 10.6 Å². The second-order valence-electron chi connectivity index (χ2n) is 7.49. The Morgan fingerprint density at radius 2 is 1.83 bits per heavy atom. The van der Waals surface area contributed by atoms with Crippen LogP contribution in [0.1, 0.15) is 37.1 Å². The van der Waals surface area contributed by atoms with Crippen molar-refractivity contribution in [1.29, 1.82) is 0 Å². The molecule has 0 unspecified atom stereocenters. The first-order chi connectivity index (χ1) is 13.8. The molecular weight excluding hydrogens is 412 g/mol. The van der Waals surface area contributed by atoms with E-state index in [-0.39, 0.29) is 17.0 Å². The summed E-state index contributed by atoms with van der Waals surface area (Å²) in [6.07, 6.45) is 5.02. The van der Waals surface area contributed by atoms with Crippen LogP contribution in [-0.2, 0) is 10.0 Å². The molecule has 1 aliphatic carbocycles. The van der Waals surface area contributed by atoms with Gasteiger partial charge in [0, 0.05) is 34.4 Å². The Morgan fingerprint density at radius 1 is 1.10 bits per heavy atom. The lowest BCUT2D eigenvalue weighted by Crippen LogP contribution is -2.40. The largest absolute Gasteiger partial charge is 0.382 e. The lowest BCUT2D eigenvalue weighted by molar-refractivity contribution is 0.384. The molecule has 2 aromatic heterocycles. The van der Waals surface area contributed by atoms with Gasteiger partial charge >= 0.3 is 0 Å². The van der Waals surface area contributed by atoms with Crippen LogP contribution in [0, 0.1) is 13.8 Å². The molecule has 0 spiro atoms. The maximum atomic E-state index is 12.7. The third-order valence-electron chi connectivity index (χ3n) is 5.35. The Balaban J connectivity index is 1.40. The first-order valence-electron chi connectivity index (χ1n) is 9.59. The van der Waals surface area contributed by atoms with Gasteiger partial charge in [0.05, 0.1) is 5.52 Å². The molecule has 0 aliphatic heterocycles. The number of pyridine rings is 1. The Bertz CT molecular complexity index is 1120. The molecule has 7 nitrogen and oxygen atoms in total. The van der Waals surface area contributed by atoms with E-state index in [4.69, 9.17) is 16.1 Å². The van der Waals surface area contributed by atoms with Gasteiger partial charge in [-0.2, -0.15) is 0 Å². The van der Waals surface area contributed by atoms with Crippen LogP contribution in [0.2, 0.25) is 5.02 Å². The van der Waals surface area contributed by atoms with Gasteiger partial charge < -0.3 is 9.84 Å². The van der Waals surface area contributed by atoms with Crippen LogP contribution in [-0.4, -0.2) is 30.6 Å². The second kappa shape index (κ2) is 7.93. The van der Waals surface area contributed by atoms with Crippen molar-refractivity contribution >= 4 is 38.2 Å². The molecular formula is C20H23ClN4O3S. The summed E-state index contributed by atoms with van der Waals surface area (Å²) in [5.74, 6) is 0.315. The first kappa shape index (κ1) is 20.1. The van der Waals surface area contributed by atoms with Crippen molar-refractivity contribution in [2.75, 3.05) is 5.32 Å². The van der Waals surface area contributed by atoms with Gasteiger partial charge in [0.25, 0.3) is 0 Å². The average molecular weight is 435 g/mol. The maximum Gasteiger partial charge on any atom is 0.246 e. The lowest BCUT2D eigenvalue weighted by Gasteiger charge is -2.30. The van der Waals surface area contributed by atoms with Crippen LogP contribution in [0.15, 0.2) is 39.9 Å². The summed E-state index contributed by atoms with van der Waals surface area (Å²) in [6, 6.07) is 7.81. The second-order valence-corrected chi connectivity index (χ2v) is 9.57. The molecule has 0 radical (unpaired) electrons. The molecule has 0 atom stereocenters. The Morgan fingerprint density at radius 3 is 2.52 bits per heavy atom. The fourth-order valence-electron chi connectivity index (χ4n) is 3.96. The molecule has 1 fully saturated rings. The molecule has 1 aromatic carbocycles. The van der Waals surface area contributed by atoms with Gasteiger partial charge in [-0.15, -0.1) is 0 Å². The van der Waals surface area contributed by atoms with E-state index in [1.165, 1.54) is 0 Å². The number of benzene rings is 1. The number of fused-ring (bicyclic) bond motifs is 1. The monoisotopic (exact) mass is 434 g/mol. The highest BCUT2D eigenvalue weighted by molar-refractivity contribution is 7.89. The van der Waals surface area contributed by atoms with Gasteiger partial charge in [-0.05, 0) is 63.8 Å². The summed E-state index contributed by atoms with van der Waals surface area (Å²) in [5, 5.41) is 9.02. The summed E-state index contributed by atoms with van der Waals surface area (Å²) in [6.45, 7) is 3.25. The minimum atomic E-state index is -3.63. The van der Waals surface area contributed by atoms with E-state index < -0.39 is 10.0 Å². The smallest absolute Gasteiger partial charge is 0.246 e. The third-order valence-corrected chi connectivity index (χ3v) is 7.35. The molecule has 0 saturated heterocycles. The van der Waals surface area contributed by atoms with Crippen molar-refractivity contribution < 1.29 is 12.9 Å². The Kier molecular flexibility index (Phi) is 5.50. The number of aryl methyl sites for hydroxylation is 2. The highest BCUT2D eigenvalue weighted by atomic mass is 35.5. The van der Waals surface area contributed by atoms with Crippen molar-refractivity contribution in [3.8, 4) is 0 Å². The summed E-state index contributed by atoms with van der Waals surface area (Å²) in [4.78, 5) is 4.53. The van der Waals surface area contributed by atoms with Gasteiger partial charge in [0.15, 0.2) is 5.76 Å². The van der Waals surface area contributed by atoms with Crippen LogP contribution >= 0.6 is 11.6 Å². The van der Waals surface area contributed by atoms with E-state index in [1.54, 1.807) is 20.0 Å².